The molecule has 2 amide bonds. The minimum atomic E-state index is -0.225. The van der Waals surface area contributed by atoms with Crippen molar-refractivity contribution in [1.29, 1.82) is 0 Å². The Bertz CT molecular complexity index is 511. The Morgan fingerprint density at radius 3 is 2.94 bits per heavy atom. The van der Waals surface area contributed by atoms with Crippen molar-refractivity contribution in [3.8, 4) is 0 Å². The number of amides is 2. The first-order valence-electron chi connectivity index (χ1n) is 5.66. The lowest BCUT2D eigenvalue weighted by Crippen LogP contribution is -2.46. The zero-order valence-electron chi connectivity index (χ0n) is 10.6. The van der Waals surface area contributed by atoms with Crippen molar-refractivity contribution in [1.82, 2.24) is 30.4 Å². The zero-order chi connectivity index (χ0) is 13.2. The number of hydrogen-bond donors (Lipinski definition) is 2. The van der Waals surface area contributed by atoms with Crippen molar-refractivity contribution in [2.24, 2.45) is 0 Å². The summed E-state index contributed by atoms with van der Waals surface area (Å²) in [6.45, 7) is 6.37. The van der Waals surface area contributed by atoms with Crippen molar-refractivity contribution in [3.63, 3.8) is 0 Å². The van der Waals surface area contributed by atoms with Crippen molar-refractivity contribution >= 4 is 22.3 Å². The lowest BCUT2D eigenvalue weighted by molar-refractivity contribution is 0.232. The second-order valence-electron chi connectivity index (χ2n) is 4.93. The number of nitrogens with one attached hydrogen (secondary N) is 2. The third kappa shape index (κ3) is 3.39. The lowest BCUT2D eigenvalue weighted by Gasteiger charge is -2.20. The van der Waals surface area contributed by atoms with Crippen LogP contribution in [0.15, 0.2) is 6.33 Å². The van der Waals surface area contributed by atoms with Gasteiger partial charge in [0.15, 0.2) is 0 Å². The largest absolute Gasteiger partial charge is 0.338 e. The summed E-state index contributed by atoms with van der Waals surface area (Å²) < 4.78 is 1.63. The molecule has 2 rings (SSSR count). The second kappa shape index (κ2) is 4.89. The molecule has 98 valence electrons. The van der Waals surface area contributed by atoms with Gasteiger partial charge in [-0.25, -0.2) is 4.79 Å². The van der Waals surface area contributed by atoms with Gasteiger partial charge in [-0.3, -0.25) is 0 Å². The molecule has 0 bridgehead atoms. The fraction of sp³-hybridized carbons (Fsp3) is 0.600. The summed E-state index contributed by atoms with van der Waals surface area (Å²) in [6, 6.07) is -0.162. The van der Waals surface area contributed by atoms with E-state index in [1.807, 2.05) is 20.8 Å². The molecule has 2 aromatic heterocycles. The number of hydrogen-bond acceptors (Lipinski definition) is 5. The highest BCUT2D eigenvalue weighted by Gasteiger charge is 2.13. The Hall–Kier alpha value is -1.70. The third-order valence-corrected chi connectivity index (χ3v) is 3.01. The number of urea groups is 1. The number of nitrogens with zero attached hydrogens (tertiary/aromatic N) is 4. The van der Waals surface area contributed by atoms with Crippen LogP contribution in [0.3, 0.4) is 0 Å². The fourth-order valence-corrected chi connectivity index (χ4v) is 2.18. The molecule has 0 atom stereocenters. The van der Waals surface area contributed by atoms with Crippen molar-refractivity contribution in [3.05, 3.63) is 11.3 Å². The topological polar surface area (TPSA) is 84.2 Å². The standard InChI is InChI=1S/C10H16N6OS/c1-10(2,3)13-8(17)11-5-4-7-15-16-6-12-14-9(16)18-7/h6H,4-5H2,1-3H3,(H2,11,13,17). The van der Waals surface area contributed by atoms with E-state index in [9.17, 15) is 4.79 Å². The molecule has 18 heavy (non-hydrogen) atoms. The van der Waals surface area contributed by atoms with Crippen LogP contribution in [-0.2, 0) is 6.42 Å². The molecule has 0 saturated heterocycles. The predicted molar refractivity (Wildman–Crippen MR) is 68.7 cm³/mol. The van der Waals surface area contributed by atoms with Gasteiger partial charge in [0, 0.05) is 18.5 Å². The lowest BCUT2D eigenvalue weighted by atomic mass is 10.1. The molecule has 0 aliphatic heterocycles. The van der Waals surface area contributed by atoms with Gasteiger partial charge in [-0.05, 0) is 20.8 Å². The molecule has 7 nitrogen and oxygen atoms in total. The van der Waals surface area contributed by atoms with Gasteiger partial charge in [0.2, 0.25) is 4.96 Å². The molecule has 2 aromatic rings. The van der Waals surface area contributed by atoms with Crippen LogP contribution < -0.4 is 10.6 Å². The molecule has 0 fully saturated rings. The highest BCUT2D eigenvalue weighted by Crippen LogP contribution is 2.11. The van der Waals surface area contributed by atoms with Gasteiger partial charge >= 0.3 is 6.03 Å². The Morgan fingerprint density at radius 1 is 1.50 bits per heavy atom. The smallest absolute Gasteiger partial charge is 0.315 e. The molecule has 0 spiro atoms. The van der Waals surface area contributed by atoms with Crippen molar-refractivity contribution in [2.45, 2.75) is 32.7 Å². The molecular formula is C10H16N6OS. The number of carbonyl (C=O) groups excluding carboxylic acids is 1. The number of aromatic nitrogens is 4. The minimum absolute atomic E-state index is 0.162. The average molecular weight is 268 g/mol. The minimum Gasteiger partial charge on any atom is -0.338 e. The average Bonchev–Trinajstić information content (AvgIpc) is 2.74. The first kappa shape index (κ1) is 12.7. The Labute approximate surface area is 109 Å². The molecule has 0 unspecified atom stereocenters. The molecule has 0 aromatic carbocycles. The monoisotopic (exact) mass is 268 g/mol. The fourth-order valence-electron chi connectivity index (χ4n) is 1.37. The van der Waals surface area contributed by atoms with Crippen LogP contribution in [0, 0.1) is 0 Å². The van der Waals surface area contributed by atoms with Gasteiger partial charge in [0.25, 0.3) is 0 Å². The maximum Gasteiger partial charge on any atom is 0.315 e. The molecule has 0 aliphatic rings. The van der Waals surface area contributed by atoms with E-state index in [-0.39, 0.29) is 11.6 Å². The molecule has 2 N–H and O–H groups in total. The van der Waals surface area contributed by atoms with E-state index in [1.54, 1.807) is 10.8 Å². The van der Waals surface area contributed by atoms with Crippen molar-refractivity contribution in [2.75, 3.05) is 6.54 Å². The van der Waals surface area contributed by atoms with Crippen LogP contribution in [0.1, 0.15) is 25.8 Å². The van der Waals surface area contributed by atoms with E-state index < -0.39 is 0 Å². The van der Waals surface area contributed by atoms with Crippen LogP contribution in [0.2, 0.25) is 0 Å². The molecule has 2 heterocycles. The molecular weight excluding hydrogens is 252 g/mol. The van der Waals surface area contributed by atoms with Crippen LogP contribution in [0.25, 0.3) is 4.96 Å². The highest BCUT2D eigenvalue weighted by atomic mass is 32.1. The zero-order valence-corrected chi connectivity index (χ0v) is 11.4. The van der Waals surface area contributed by atoms with E-state index in [0.29, 0.717) is 13.0 Å². The molecule has 8 heteroatoms. The summed E-state index contributed by atoms with van der Waals surface area (Å²) in [4.78, 5) is 12.3. The van der Waals surface area contributed by atoms with Crippen LogP contribution >= 0.6 is 11.3 Å². The van der Waals surface area contributed by atoms with Gasteiger partial charge in [-0.1, -0.05) is 11.3 Å². The normalized spacial score (nSPS) is 11.7. The van der Waals surface area contributed by atoms with Crippen LogP contribution in [0.4, 0.5) is 4.79 Å². The maximum atomic E-state index is 11.5. The number of carbonyl (C=O) groups is 1. The first-order chi connectivity index (χ1) is 8.44. The van der Waals surface area contributed by atoms with E-state index in [4.69, 9.17) is 0 Å². The summed E-state index contributed by atoms with van der Waals surface area (Å²) >= 11 is 1.48. The quantitative estimate of drug-likeness (QED) is 0.863. The molecule has 0 radical (unpaired) electrons. The van der Waals surface area contributed by atoms with Gasteiger partial charge in [-0.2, -0.15) is 9.61 Å². The maximum absolute atomic E-state index is 11.5. The summed E-state index contributed by atoms with van der Waals surface area (Å²) in [7, 11) is 0. The van der Waals surface area contributed by atoms with Crippen molar-refractivity contribution < 1.29 is 4.79 Å². The van der Waals surface area contributed by atoms with E-state index in [0.717, 1.165) is 9.97 Å². The first-order valence-corrected chi connectivity index (χ1v) is 6.47. The van der Waals surface area contributed by atoms with Gasteiger partial charge in [-0.15, -0.1) is 10.2 Å². The summed E-state index contributed by atoms with van der Waals surface area (Å²) in [5, 5.41) is 18.5. The summed E-state index contributed by atoms with van der Waals surface area (Å²) in [6.07, 6.45) is 2.25. The summed E-state index contributed by atoms with van der Waals surface area (Å²) in [5.74, 6) is 0. The molecule has 0 aliphatic carbocycles. The molecule has 0 saturated carbocycles. The van der Waals surface area contributed by atoms with Gasteiger partial charge < -0.3 is 10.6 Å². The third-order valence-electron chi connectivity index (χ3n) is 2.04. The number of fused-ring (bicyclic) bond motifs is 1. The van der Waals surface area contributed by atoms with E-state index in [2.05, 4.69) is 25.9 Å². The van der Waals surface area contributed by atoms with Crippen LogP contribution in [0.5, 0.6) is 0 Å². The van der Waals surface area contributed by atoms with Crippen LogP contribution in [-0.4, -0.2) is 37.9 Å². The predicted octanol–water partition coefficient (Wildman–Crippen LogP) is 0.826. The highest BCUT2D eigenvalue weighted by molar-refractivity contribution is 7.16. The number of rotatable bonds is 3. The Kier molecular flexibility index (Phi) is 3.46. The Morgan fingerprint density at radius 2 is 2.28 bits per heavy atom. The van der Waals surface area contributed by atoms with Gasteiger partial charge in [0.1, 0.15) is 11.3 Å². The van der Waals surface area contributed by atoms with E-state index in [1.165, 1.54) is 11.3 Å². The van der Waals surface area contributed by atoms with E-state index >= 15 is 0 Å². The SMILES string of the molecule is CC(C)(C)NC(=O)NCCc1nn2cnnc2s1. The Balaban J connectivity index is 1.78. The summed E-state index contributed by atoms with van der Waals surface area (Å²) in [5.41, 5.74) is -0.225. The van der Waals surface area contributed by atoms with Gasteiger partial charge in [0.05, 0.1) is 0 Å². The second-order valence-corrected chi connectivity index (χ2v) is 5.98.